The number of fused-ring (bicyclic) bond motifs is 3. The van der Waals surface area contributed by atoms with Crippen LogP contribution >= 0.6 is 0 Å². The Morgan fingerprint density at radius 1 is 0.897 bits per heavy atom. The second kappa shape index (κ2) is 10.4. The van der Waals surface area contributed by atoms with E-state index >= 15 is 0 Å². The first kappa shape index (κ1) is 27.4. The van der Waals surface area contributed by atoms with Crippen LogP contribution in [0.2, 0.25) is 0 Å². The van der Waals surface area contributed by atoms with Crippen LogP contribution < -0.4 is 9.21 Å². The van der Waals surface area contributed by atoms with Gasteiger partial charge in [-0.15, -0.1) is 0 Å². The van der Waals surface area contributed by atoms with Crippen molar-refractivity contribution in [2.24, 2.45) is 0 Å². The van der Waals surface area contributed by atoms with Crippen molar-refractivity contribution in [3.8, 4) is 11.1 Å². The predicted octanol–water partition coefficient (Wildman–Crippen LogP) is 5.00. The van der Waals surface area contributed by atoms with Crippen molar-refractivity contribution in [2.75, 3.05) is 55.6 Å². The molecule has 5 rings (SSSR count). The first-order chi connectivity index (χ1) is 18.5. The van der Waals surface area contributed by atoms with Crippen LogP contribution in [0.3, 0.4) is 0 Å². The Morgan fingerprint density at radius 2 is 1.64 bits per heavy atom. The molecule has 1 unspecified atom stereocenters. The third kappa shape index (κ3) is 5.45. The molecule has 0 bridgehead atoms. The van der Waals surface area contributed by atoms with Crippen LogP contribution in [0.25, 0.3) is 11.1 Å². The van der Waals surface area contributed by atoms with Gasteiger partial charge in [0.15, 0.2) is 0 Å². The van der Waals surface area contributed by atoms with Crippen LogP contribution in [0, 0.1) is 11.6 Å². The fourth-order valence-corrected chi connectivity index (χ4v) is 6.71. The summed E-state index contributed by atoms with van der Waals surface area (Å²) in [5.74, 6) is -1.58. The molecule has 39 heavy (non-hydrogen) atoms. The van der Waals surface area contributed by atoms with Crippen molar-refractivity contribution < 1.29 is 35.1 Å². The van der Waals surface area contributed by atoms with E-state index in [9.17, 15) is 30.4 Å². The van der Waals surface area contributed by atoms with Gasteiger partial charge in [-0.25, -0.2) is 17.2 Å². The highest BCUT2D eigenvalue weighted by atomic mass is 32.2. The summed E-state index contributed by atoms with van der Waals surface area (Å²) in [6, 6.07) is 11.2. The molecule has 0 radical (unpaired) electrons. The maximum atomic E-state index is 14.0. The summed E-state index contributed by atoms with van der Waals surface area (Å²) in [5, 5.41) is 0. The number of benzene rings is 3. The zero-order chi connectivity index (χ0) is 27.9. The van der Waals surface area contributed by atoms with Crippen LogP contribution in [-0.4, -0.2) is 65.8 Å². The molecule has 6 nitrogen and oxygen atoms in total. The second-order valence-corrected chi connectivity index (χ2v) is 11.4. The molecule has 0 aromatic heterocycles. The molecule has 1 atom stereocenters. The topological polar surface area (TPSA) is 53.1 Å². The van der Waals surface area contributed by atoms with E-state index in [4.69, 9.17) is 4.74 Å². The van der Waals surface area contributed by atoms with Crippen LogP contribution in [0.4, 0.5) is 33.3 Å². The molecular formula is C27H26F5N3O3S. The Bertz CT molecular complexity index is 1460. The lowest BCUT2D eigenvalue weighted by molar-refractivity contribution is -0.137. The smallest absolute Gasteiger partial charge is 0.383 e. The quantitative estimate of drug-likeness (QED) is 0.393. The minimum atomic E-state index is -4.72. The molecule has 0 amide bonds. The third-order valence-corrected chi connectivity index (χ3v) is 8.83. The number of hydrogen-bond acceptors (Lipinski definition) is 5. The monoisotopic (exact) mass is 567 g/mol. The summed E-state index contributed by atoms with van der Waals surface area (Å²) >= 11 is 0. The summed E-state index contributed by atoms with van der Waals surface area (Å²) in [6.07, 6.45) is -4.72. The van der Waals surface area contributed by atoms with Crippen molar-refractivity contribution in [1.82, 2.24) is 4.90 Å². The van der Waals surface area contributed by atoms with Gasteiger partial charge in [0, 0.05) is 39.4 Å². The average molecular weight is 568 g/mol. The number of nitrogens with zero attached hydrogens (tertiary/aromatic N) is 3. The molecule has 208 valence electrons. The van der Waals surface area contributed by atoms with Crippen molar-refractivity contribution in [3.05, 3.63) is 77.9 Å². The van der Waals surface area contributed by atoms with Crippen molar-refractivity contribution in [2.45, 2.75) is 17.1 Å². The SMILES string of the molecule is COCCN1CCN2c3ccc(-c4cc(F)cc(F)c4)cc3N(S(=O)(=O)c3cccc(C(F)(F)F)c3)CC2C1. The standard InChI is InChI=1S/C27H26F5N3O3S/c1-38-10-9-33-7-8-34-23(16-33)17-35(39(36,37)24-4-2-3-20(14-24)27(30,31)32)26-13-18(5-6-25(26)34)19-11-21(28)15-22(29)12-19/h2-6,11-15,23H,7-10,16-17H2,1H3. The molecule has 0 saturated carbocycles. The fraction of sp³-hybridized carbons (Fsp3) is 0.333. The molecule has 3 aromatic carbocycles. The fourth-order valence-electron chi connectivity index (χ4n) is 5.16. The van der Waals surface area contributed by atoms with E-state index in [0.717, 1.165) is 40.7 Å². The maximum absolute atomic E-state index is 14.0. The van der Waals surface area contributed by atoms with Gasteiger partial charge in [0.25, 0.3) is 10.0 Å². The van der Waals surface area contributed by atoms with Crippen molar-refractivity contribution in [1.29, 1.82) is 0 Å². The summed E-state index contributed by atoms with van der Waals surface area (Å²) in [4.78, 5) is 3.73. The molecule has 0 N–H and O–H groups in total. The van der Waals surface area contributed by atoms with Gasteiger partial charge in [-0.3, -0.25) is 9.21 Å². The van der Waals surface area contributed by atoms with Gasteiger partial charge in [0.1, 0.15) is 11.6 Å². The molecule has 0 spiro atoms. The first-order valence-electron chi connectivity index (χ1n) is 12.3. The van der Waals surface area contributed by atoms with E-state index in [-0.39, 0.29) is 23.8 Å². The Labute approximate surface area is 223 Å². The van der Waals surface area contributed by atoms with Gasteiger partial charge in [0.05, 0.1) is 41.0 Å². The Hall–Kier alpha value is -3.22. The molecule has 1 saturated heterocycles. The predicted molar refractivity (Wildman–Crippen MR) is 137 cm³/mol. The Kier molecular flexibility index (Phi) is 7.29. The molecule has 3 aromatic rings. The van der Waals surface area contributed by atoms with Gasteiger partial charge in [-0.1, -0.05) is 12.1 Å². The van der Waals surface area contributed by atoms with Gasteiger partial charge in [-0.05, 0) is 53.6 Å². The number of anilines is 2. The molecule has 0 aliphatic carbocycles. The summed E-state index contributed by atoms with van der Waals surface area (Å²) in [6.45, 7) is 2.95. The Morgan fingerprint density at radius 3 is 2.33 bits per heavy atom. The highest BCUT2D eigenvalue weighted by Gasteiger charge is 2.41. The molecule has 1 fully saturated rings. The maximum Gasteiger partial charge on any atom is 0.416 e. The van der Waals surface area contributed by atoms with Gasteiger partial charge in [-0.2, -0.15) is 13.2 Å². The molecule has 12 heteroatoms. The van der Waals surface area contributed by atoms with Crippen LogP contribution in [0.5, 0.6) is 0 Å². The number of hydrogen-bond donors (Lipinski definition) is 0. The minimum Gasteiger partial charge on any atom is -0.383 e. The lowest BCUT2D eigenvalue weighted by Crippen LogP contribution is -2.60. The number of ether oxygens (including phenoxy) is 1. The number of sulfonamides is 1. The lowest BCUT2D eigenvalue weighted by Gasteiger charge is -2.49. The van der Waals surface area contributed by atoms with Crippen molar-refractivity contribution >= 4 is 21.4 Å². The highest BCUT2D eigenvalue weighted by Crippen LogP contribution is 2.42. The zero-order valence-corrected chi connectivity index (χ0v) is 21.8. The first-order valence-corrected chi connectivity index (χ1v) is 13.7. The van der Waals surface area contributed by atoms with E-state index < -0.39 is 38.3 Å². The Balaban J connectivity index is 1.61. The summed E-state index contributed by atoms with van der Waals surface area (Å²) < 4.78 is 102. The molecule has 2 aliphatic rings. The molecule has 2 aliphatic heterocycles. The van der Waals surface area contributed by atoms with Crippen LogP contribution in [-0.2, 0) is 20.9 Å². The number of alkyl halides is 3. The zero-order valence-electron chi connectivity index (χ0n) is 21.0. The molecule has 2 heterocycles. The third-order valence-electron chi connectivity index (χ3n) is 7.05. The number of methoxy groups -OCH3 is 1. The van der Waals surface area contributed by atoms with Gasteiger partial charge < -0.3 is 9.64 Å². The van der Waals surface area contributed by atoms with Gasteiger partial charge >= 0.3 is 6.18 Å². The van der Waals surface area contributed by atoms with Crippen LogP contribution in [0.1, 0.15) is 5.56 Å². The van der Waals surface area contributed by atoms with Gasteiger partial charge in [0.2, 0.25) is 0 Å². The highest BCUT2D eigenvalue weighted by molar-refractivity contribution is 7.92. The summed E-state index contributed by atoms with van der Waals surface area (Å²) in [7, 11) is -2.85. The average Bonchev–Trinajstić information content (AvgIpc) is 2.90. The number of halogens is 5. The minimum absolute atomic E-state index is 0.0178. The lowest BCUT2D eigenvalue weighted by atomic mass is 10.00. The van der Waals surface area contributed by atoms with E-state index in [1.165, 1.54) is 6.07 Å². The van der Waals surface area contributed by atoms with E-state index in [1.54, 1.807) is 19.2 Å². The van der Waals surface area contributed by atoms with Crippen molar-refractivity contribution in [3.63, 3.8) is 0 Å². The largest absolute Gasteiger partial charge is 0.416 e. The van der Waals surface area contributed by atoms with Crippen LogP contribution in [0.15, 0.2) is 65.6 Å². The van der Waals surface area contributed by atoms with E-state index in [2.05, 4.69) is 9.80 Å². The number of piperazine rings is 1. The normalized spacial score (nSPS) is 18.2. The second-order valence-electron chi connectivity index (χ2n) is 9.56. The van der Waals surface area contributed by atoms with E-state index in [0.29, 0.717) is 50.1 Å². The number of rotatable bonds is 6. The summed E-state index contributed by atoms with van der Waals surface area (Å²) in [5.41, 5.74) is 0.312. The van der Waals surface area contributed by atoms with E-state index in [1.807, 2.05) is 0 Å². The molecular weight excluding hydrogens is 541 g/mol.